The van der Waals surface area contributed by atoms with E-state index in [1.807, 2.05) is 18.2 Å². The molecular formula is C20H13F3N2. The lowest BCUT2D eigenvalue weighted by Gasteiger charge is -2.11. The predicted octanol–water partition coefficient (Wildman–Crippen LogP) is 5.17. The number of fused-ring (bicyclic) bond motifs is 1. The van der Waals surface area contributed by atoms with Gasteiger partial charge in [-0.25, -0.2) is 18.2 Å². The Hall–Kier alpha value is -3.08. The van der Waals surface area contributed by atoms with Gasteiger partial charge in [0.15, 0.2) is 0 Å². The Morgan fingerprint density at radius 1 is 0.800 bits per heavy atom. The van der Waals surface area contributed by atoms with Crippen LogP contribution in [0.2, 0.25) is 0 Å². The number of hydrogen-bond acceptors (Lipinski definition) is 1. The summed E-state index contributed by atoms with van der Waals surface area (Å²) in [5, 5.41) is 0. The first-order valence-corrected chi connectivity index (χ1v) is 7.77. The summed E-state index contributed by atoms with van der Waals surface area (Å²) in [6, 6.07) is 16.9. The highest BCUT2D eigenvalue weighted by Gasteiger charge is 2.17. The number of imidazole rings is 1. The van der Waals surface area contributed by atoms with Crippen LogP contribution in [0.15, 0.2) is 66.7 Å². The molecule has 0 N–H and O–H groups in total. The van der Waals surface area contributed by atoms with Gasteiger partial charge in [-0.05, 0) is 36.4 Å². The van der Waals surface area contributed by atoms with Gasteiger partial charge in [0.1, 0.15) is 23.3 Å². The maximum atomic E-state index is 14.3. The predicted molar refractivity (Wildman–Crippen MR) is 90.6 cm³/mol. The Bertz CT molecular complexity index is 1070. The zero-order valence-corrected chi connectivity index (χ0v) is 13.1. The average Bonchev–Trinajstić information content (AvgIpc) is 2.97. The van der Waals surface area contributed by atoms with Crippen molar-refractivity contribution in [3.05, 3.63) is 89.7 Å². The summed E-state index contributed by atoms with van der Waals surface area (Å²) in [5.41, 5.74) is 1.86. The van der Waals surface area contributed by atoms with Crippen LogP contribution >= 0.6 is 0 Å². The third-order valence-electron chi connectivity index (χ3n) is 4.11. The Labute approximate surface area is 142 Å². The SMILES string of the molecule is Fc1ccc(F)c(-c2nc3ccccc3n2Cc2ccccc2F)c1. The van der Waals surface area contributed by atoms with Crippen molar-refractivity contribution in [2.45, 2.75) is 6.54 Å². The molecule has 1 heterocycles. The molecule has 0 aliphatic rings. The molecule has 0 fully saturated rings. The van der Waals surface area contributed by atoms with E-state index in [1.165, 1.54) is 6.07 Å². The first-order valence-electron chi connectivity index (χ1n) is 7.77. The lowest BCUT2D eigenvalue weighted by atomic mass is 10.1. The van der Waals surface area contributed by atoms with Crippen molar-refractivity contribution >= 4 is 11.0 Å². The Morgan fingerprint density at radius 2 is 1.56 bits per heavy atom. The number of aromatic nitrogens is 2. The van der Waals surface area contributed by atoms with Crippen molar-refractivity contribution in [3.63, 3.8) is 0 Å². The second-order valence-electron chi connectivity index (χ2n) is 5.73. The number of halogens is 3. The average molecular weight is 338 g/mol. The Morgan fingerprint density at radius 3 is 2.40 bits per heavy atom. The molecule has 0 saturated carbocycles. The van der Waals surface area contributed by atoms with Crippen molar-refractivity contribution in [2.75, 3.05) is 0 Å². The van der Waals surface area contributed by atoms with E-state index in [9.17, 15) is 13.2 Å². The highest BCUT2D eigenvalue weighted by molar-refractivity contribution is 5.80. The fraction of sp³-hybridized carbons (Fsp3) is 0.0500. The van der Waals surface area contributed by atoms with Gasteiger partial charge in [-0.3, -0.25) is 0 Å². The molecule has 0 aliphatic carbocycles. The third kappa shape index (κ3) is 2.78. The molecule has 0 saturated heterocycles. The van der Waals surface area contributed by atoms with Gasteiger partial charge in [-0.15, -0.1) is 0 Å². The van der Waals surface area contributed by atoms with E-state index in [4.69, 9.17) is 0 Å². The first kappa shape index (κ1) is 15.4. The van der Waals surface area contributed by atoms with Crippen molar-refractivity contribution in [1.29, 1.82) is 0 Å². The lowest BCUT2D eigenvalue weighted by molar-refractivity contribution is 0.596. The van der Waals surface area contributed by atoms with Crippen molar-refractivity contribution < 1.29 is 13.2 Å². The van der Waals surface area contributed by atoms with E-state index in [0.717, 1.165) is 23.7 Å². The van der Waals surface area contributed by atoms with E-state index in [0.29, 0.717) is 11.1 Å². The molecule has 0 amide bonds. The Balaban J connectivity index is 1.95. The fourth-order valence-electron chi connectivity index (χ4n) is 2.91. The number of rotatable bonds is 3. The van der Waals surface area contributed by atoms with E-state index < -0.39 is 11.6 Å². The van der Waals surface area contributed by atoms with Gasteiger partial charge in [0.25, 0.3) is 0 Å². The van der Waals surface area contributed by atoms with Gasteiger partial charge in [-0.1, -0.05) is 30.3 Å². The molecule has 4 rings (SSSR count). The summed E-state index contributed by atoms with van der Waals surface area (Å²) < 4.78 is 43.7. The minimum absolute atomic E-state index is 0.0486. The zero-order valence-electron chi connectivity index (χ0n) is 13.1. The molecule has 124 valence electrons. The monoisotopic (exact) mass is 338 g/mol. The first-order chi connectivity index (χ1) is 12.1. The summed E-state index contributed by atoms with van der Waals surface area (Å²) in [7, 11) is 0. The van der Waals surface area contributed by atoms with Crippen LogP contribution in [0.1, 0.15) is 5.56 Å². The van der Waals surface area contributed by atoms with Crippen molar-refractivity contribution in [2.24, 2.45) is 0 Å². The molecule has 0 bridgehead atoms. The topological polar surface area (TPSA) is 17.8 Å². The lowest BCUT2D eigenvalue weighted by Crippen LogP contribution is -2.05. The summed E-state index contributed by atoms with van der Waals surface area (Å²) in [5.74, 6) is -1.22. The van der Waals surface area contributed by atoms with Crippen LogP contribution in [0, 0.1) is 17.5 Å². The molecule has 4 aromatic rings. The molecule has 5 heteroatoms. The molecular weight excluding hydrogens is 325 g/mol. The molecule has 0 radical (unpaired) electrons. The summed E-state index contributed by atoms with van der Waals surface area (Å²) in [6.07, 6.45) is 0. The zero-order chi connectivity index (χ0) is 17.4. The van der Waals surface area contributed by atoms with E-state index in [-0.39, 0.29) is 23.7 Å². The summed E-state index contributed by atoms with van der Waals surface area (Å²) >= 11 is 0. The number of nitrogens with zero attached hydrogens (tertiary/aromatic N) is 2. The largest absolute Gasteiger partial charge is 0.319 e. The highest BCUT2D eigenvalue weighted by Crippen LogP contribution is 2.28. The minimum Gasteiger partial charge on any atom is -0.319 e. The normalized spacial score (nSPS) is 11.2. The Kier molecular flexibility index (Phi) is 3.76. The maximum Gasteiger partial charge on any atom is 0.144 e. The molecule has 0 unspecified atom stereocenters. The van der Waals surface area contributed by atoms with Crippen molar-refractivity contribution in [1.82, 2.24) is 9.55 Å². The highest BCUT2D eigenvalue weighted by atomic mass is 19.1. The fourth-order valence-corrected chi connectivity index (χ4v) is 2.91. The van der Waals surface area contributed by atoms with Gasteiger partial charge < -0.3 is 4.57 Å². The van der Waals surface area contributed by atoms with Crippen molar-refractivity contribution in [3.8, 4) is 11.4 Å². The molecule has 2 nitrogen and oxygen atoms in total. The third-order valence-corrected chi connectivity index (χ3v) is 4.11. The molecule has 3 aromatic carbocycles. The molecule has 0 atom stereocenters. The second kappa shape index (κ2) is 6.09. The smallest absolute Gasteiger partial charge is 0.144 e. The van der Waals surface area contributed by atoms with Gasteiger partial charge in [0.2, 0.25) is 0 Å². The summed E-state index contributed by atoms with van der Waals surface area (Å²) in [6.45, 7) is 0.165. The van der Waals surface area contributed by atoms with Crippen LogP contribution in [0.3, 0.4) is 0 Å². The van der Waals surface area contributed by atoms with Gasteiger partial charge >= 0.3 is 0 Å². The number of hydrogen-bond donors (Lipinski definition) is 0. The van der Waals surface area contributed by atoms with Gasteiger partial charge in [-0.2, -0.15) is 0 Å². The van der Waals surface area contributed by atoms with E-state index in [2.05, 4.69) is 4.98 Å². The van der Waals surface area contributed by atoms with E-state index in [1.54, 1.807) is 28.8 Å². The van der Waals surface area contributed by atoms with Crippen LogP contribution < -0.4 is 0 Å². The molecule has 0 aliphatic heterocycles. The molecule has 1 aromatic heterocycles. The number of benzene rings is 3. The van der Waals surface area contributed by atoms with E-state index >= 15 is 0 Å². The molecule has 0 spiro atoms. The molecule has 25 heavy (non-hydrogen) atoms. The summed E-state index contributed by atoms with van der Waals surface area (Å²) in [4.78, 5) is 4.44. The quantitative estimate of drug-likeness (QED) is 0.504. The van der Waals surface area contributed by atoms with Crippen LogP contribution in [0.5, 0.6) is 0 Å². The van der Waals surface area contributed by atoms with Crippen LogP contribution in [0.25, 0.3) is 22.4 Å². The minimum atomic E-state index is -0.577. The standard InChI is InChI=1S/C20H13F3N2/c21-14-9-10-17(23)15(11-14)20-24-18-7-3-4-8-19(18)25(20)12-13-5-1-2-6-16(13)22/h1-11H,12H2. The van der Waals surface area contributed by atoms with Gasteiger partial charge in [0.05, 0.1) is 23.1 Å². The van der Waals surface area contributed by atoms with Crippen LogP contribution in [-0.2, 0) is 6.54 Å². The number of para-hydroxylation sites is 2. The van der Waals surface area contributed by atoms with Gasteiger partial charge in [0, 0.05) is 5.56 Å². The maximum absolute atomic E-state index is 14.3. The van der Waals surface area contributed by atoms with Crippen LogP contribution in [0.4, 0.5) is 13.2 Å². The second-order valence-corrected chi connectivity index (χ2v) is 5.73. The van der Waals surface area contributed by atoms with Crippen LogP contribution in [-0.4, -0.2) is 9.55 Å².